The van der Waals surface area contributed by atoms with Crippen LogP contribution in [0.25, 0.3) is 0 Å². The van der Waals surface area contributed by atoms with Crippen molar-refractivity contribution in [3.8, 4) is 0 Å². The van der Waals surface area contributed by atoms with Gasteiger partial charge in [0.1, 0.15) is 0 Å². The van der Waals surface area contributed by atoms with Crippen LogP contribution in [0.15, 0.2) is 47.9 Å². The van der Waals surface area contributed by atoms with Gasteiger partial charge in [0.15, 0.2) is 9.84 Å². The molecule has 2 nitrogen and oxygen atoms in total. The highest BCUT2D eigenvalue weighted by Crippen LogP contribution is 2.21. The van der Waals surface area contributed by atoms with E-state index in [9.17, 15) is 8.42 Å². The molecule has 0 amide bonds. The van der Waals surface area contributed by atoms with Crippen molar-refractivity contribution < 1.29 is 8.42 Å². The molecule has 1 atom stereocenters. The van der Waals surface area contributed by atoms with Gasteiger partial charge in [-0.25, -0.2) is 8.42 Å². The second-order valence-corrected chi connectivity index (χ2v) is 6.57. The van der Waals surface area contributed by atoms with E-state index in [1.54, 1.807) is 12.2 Å². The molecule has 1 aliphatic rings. The first-order valence-electron chi connectivity index (χ1n) is 5.87. The third-order valence-corrected chi connectivity index (χ3v) is 4.69. The van der Waals surface area contributed by atoms with E-state index in [1.807, 2.05) is 12.2 Å². The van der Waals surface area contributed by atoms with E-state index >= 15 is 0 Å². The van der Waals surface area contributed by atoms with Gasteiger partial charge in [-0.15, -0.1) is 0 Å². The molecule has 0 saturated heterocycles. The maximum atomic E-state index is 12.0. The van der Waals surface area contributed by atoms with Gasteiger partial charge >= 0.3 is 0 Å². The highest BCUT2D eigenvalue weighted by atomic mass is 32.2. The minimum atomic E-state index is -3.11. The van der Waals surface area contributed by atoms with Crippen molar-refractivity contribution in [2.24, 2.45) is 5.92 Å². The molecule has 94 valence electrons. The molecular formula is C14H20O2S. The fraction of sp³-hybridized carbons (Fsp3) is 0.429. The standard InChI is InChI=1S/C14H20O2S/c1-4-12(2)6-5-11-17(15,16)14-9-7-13(3)8-10-14/h4,7,9-10,13H,1-2,5-6,8,11H2,3H3. The van der Waals surface area contributed by atoms with Gasteiger partial charge in [-0.2, -0.15) is 0 Å². The molecule has 0 aromatic rings. The van der Waals surface area contributed by atoms with Crippen LogP contribution in [-0.4, -0.2) is 14.2 Å². The van der Waals surface area contributed by atoms with Crippen molar-refractivity contribution in [1.29, 1.82) is 0 Å². The highest BCUT2D eigenvalue weighted by molar-refractivity contribution is 7.95. The van der Waals surface area contributed by atoms with Crippen molar-refractivity contribution >= 4 is 9.84 Å². The molecule has 0 fully saturated rings. The summed E-state index contributed by atoms with van der Waals surface area (Å²) >= 11 is 0. The zero-order chi connectivity index (χ0) is 12.9. The molecule has 1 unspecified atom stereocenters. The normalized spacial score (nSPS) is 19.8. The average Bonchev–Trinajstić information content (AvgIpc) is 2.29. The molecule has 0 bridgehead atoms. The number of allylic oxidation sites excluding steroid dienone is 5. The largest absolute Gasteiger partial charge is 0.224 e. The van der Waals surface area contributed by atoms with Crippen LogP contribution in [-0.2, 0) is 9.84 Å². The summed E-state index contributed by atoms with van der Waals surface area (Å²) in [5.41, 5.74) is 0.891. The Bertz CT molecular complexity index is 453. The molecule has 0 aliphatic heterocycles. The second-order valence-electron chi connectivity index (χ2n) is 4.46. The van der Waals surface area contributed by atoms with Gasteiger partial charge in [-0.1, -0.05) is 43.9 Å². The highest BCUT2D eigenvalue weighted by Gasteiger charge is 2.17. The Morgan fingerprint density at radius 1 is 1.59 bits per heavy atom. The van der Waals surface area contributed by atoms with E-state index in [0.29, 0.717) is 23.7 Å². The molecule has 0 N–H and O–H groups in total. The van der Waals surface area contributed by atoms with Gasteiger partial charge in [0, 0.05) is 0 Å². The minimum Gasteiger partial charge on any atom is -0.224 e. The molecule has 0 saturated carbocycles. The van der Waals surface area contributed by atoms with Crippen LogP contribution >= 0.6 is 0 Å². The Balaban J connectivity index is 2.55. The molecule has 0 heterocycles. The van der Waals surface area contributed by atoms with E-state index in [1.165, 1.54) is 0 Å². The Kier molecular flexibility index (Phi) is 4.94. The number of hydrogen-bond acceptors (Lipinski definition) is 2. The Morgan fingerprint density at radius 3 is 2.82 bits per heavy atom. The molecule has 0 radical (unpaired) electrons. The molecule has 1 aliphatic carbocycles. The lowest BCUT2D eigenvalue weighted by molar-refractivity contribution is 0.599. The second kappa shape index (κ2) is 6.01. The smallest absolute Gasteiger partial charge is 0.178 e. The monoisotopic (exact) mass is 252 g/mol. The van der Waals surface area contributed by atoms with Crippen LogP contribution in [0.4, 0.5) is 0 Å². The Labute approximate surface area is 104 Å². The zero-order valence-corrected chi connectivity index (χ0v) is 11.2. The molecule has 17 heavy (non-hydrogen) atoms. The average molecular weight is 252 g/mol. The van der Waals surface area contributed by atoms with Crippen molar-refractivity contribution in [1.82, 2.24) is 0 Å². The predicted molar refractivity (Wildman–Crippen MR) is 73.4 cm³/mol. The first kappa shape index (κ1) is 14.0. The summed E-state index contributed by atoms with van der Waals surface area (Å²) in [7, 11) is -3.11. The van der Waals surface area contributed by atoms with Crippen LogP contribution in [0, 0.1) is 5.92 Å². The molecular weight excluding hydrogens is 232 g/mol. The Morgan fingerprint density at radius 2 is 2.29 bits per heavy atom. The van der Waals surface area contributed by atoms with Crippen molar-refractivity contribution in [2.45, 2.75) is 26.2 Å². The van der Waals surface area contributed by atoms with Crippen LogP contribution in [0.1, 0.15) is 26.2 Å². The molecule has 0 aromatic carbocycles. The maximum Gasteiger partial charge on any atom is 0.178 e. The maximum absolute atomic E-state index is 12.0. The number of hydrogen-bond donors (Lipinski definition) is 0. The van der Waals surface area contributed by atoms with Gasteiger partial charge in [0.25, 0.3) is 0 Å². The number of rotatable bonds is 6. The van der Waals surface area contributed by atoms with E-state index in [-0.39, 0.29) is 5.75 Å². The summed E-state index contributed by atoms with van der Waals surface area (Å²) in [5.74, 6) is 0.624. The fourth-order valence-corrected chi connectivity index (χ4v) is 3.04. The van der Waals surface area contributed by atoms with Crippen LogP contribution in [0.5, 0.6) is 0 Å². The van der Waals surface area contributed by atoms with E-state index in [2.05, 4.69) is 20.1 Å². The zero-order valence-electron chi connectivity index (χ0n) is 10.4. The molecule has 0 spiro atoms. The van der Waals surface area contributed by atoms with Gasteiger partial charge in [0.05, 0.1) is 10.7 Å². The SMILES string of the molecule is C=CC(=C)CCCS(=O)(=O)C1=CCC(C)C=C1. The van der Waals surface area contributed by atoms with Gasteiger partial charge < -0.3 is 0 Å². The number of sulfone groups is 1. The molecule has 1 rings (SSSR count). The van der Waals surface area contributed by atoms with Gasteiger partial charge in [0.2, 0.25) is 0 Å². The lowest BCUT2D eigenvalue weighted by Gasteiger charge is -2.12. The van der Waals surface area contributed by atoms with E-state index in [0.717, 1.165) is 12.0 Å². The lowest BCUT2D eigenvalue weighted by atomic mass is 10.0. The van der Waals surface area contributed by atoms with Gasteiger partial charge in [-0.05, 0) is 31.3 Å². The third kappa shape index (κ3) is 4.35. The summed E-state index contributed by atoms with van der Waals surface area (Å²) in [6.45, 7) is 9.45. The summed E-state index contributed by atoms with van der Waals surface area (Å²) in [6, 6.07) is 0. The van der Waals surface area contributed by atoms with Crippen molar-refractivity contribution in [3.05, 3.63) is 47.9 Å². The minimum absolute atomic E-state index is 0.185. The van der Waals surface area contributed by atoms with Crippen molar-refractivity contribution in [3.63, 3.8) is 0 Å². The first-order chi connectivity index (χ1) is 7.95. The third-order valence-electron chi connectivity index (χ3n) is 2.84. The lowest BCUT2D eigenvalue weighted by Crippen LogP contribution is -2.10. The fourth-order valence-electron chi connectivity index (χ4n) is 1.65. The quantitative estimate of drug-likeness (QED) is 0.679. The molecule has 3 heteroatoms. The van der Waals surface area contributed by atoms with Crippen molar-refractivity contribution in [2.75, 3.05) is 5.75 Å². The predicted octanol–water partition coefficient (Wildman–Crippen LogP) is 3.40. The summed E-state index contributed by atoms with van der Waals surface area (Å²) in [5, 5.41) is 0. The topological polar surface area (TPSA) is 34.1 Å². The van der Waals surface area contributed by atoms with E-state index < -0.39 is 9.84 Å². The van der Waals surface area contributed by atoms with Crippen LogP contribution in [0.2, 0.25) is 0 Å². The Hall–Kier alpha value is -1.09. The van der Waals surface area contributed by atoms with Crippen LogP contribution < -0.4 is 0 Å². The van der Waals surface area contributed by atoms with Gasteiger partial charge in [-0.3, -0.25) is 0 Å². The summed E-state index contributed by atoms with van der Waals surface area (Å²) < 4.78 is 24.0. The summed E-state index contributed by atoms with van der Waals surface area (Å²) in [4.78, 5) is 0.472. The van der Waals surface area contributed by atoms with Crippen LogP contribution in [0.3, 0.4) is 0 Å². The molecule has 0 aromatic heterocycles. The summed E-state index contributed by atoms with van der Waals surface area (Å²) in [6.07, 6.45) is 9.28. The first-order valence-corrected chi connectivity index (χ1v) is 7.52. The van der Waals surface area contributed by atoms with E-state index in [4.69, 9.17) is 0 Å².